The molecule has 0 unspecified atom stereocenters. The van der Waals surface area contributed by atoms with Crippen LogP contribution in [0, 0.1) is 0 Å². The fourth-order valence-electron chi connectivity index (χ4n) is 3.30. The first-order chi connectivity index (χ1) is 17.0. The van der Waals surface area contributed by atoms with Crippen LogP contribution in [-0.4, -0.2) is 31.8 Å². The standard InChI is InChI=1S/C27H21BrN2O5/c1-33-25-14-18(12-13-24(25)35-27(32)20-8-4-9-21(28)15-20)16-29-30-26(31)17-34-23-11-5-7-19-6-2-3-10-22(19)23/h2-16H,17H2,1H3,(H,30,31)/b29-16+. The van der Waals surface area contributed by atoms with E-state index in [-0.39, 0.29) is 12.4 Å². The lowest BCUT2D eigenvalue weighted by atomic mass is 10.1. The Morgan fingerprint density at radius 1 is 0.914 bits per heavy atom. The highest BCUT2D eigenvalue weighted by Gasteiger charge is 2.13. The van der Waals surface area contributed by atoms with E-state index in [4.69, 9.17) is 14.2 Å². The molecule has 0 aliphatic heterocycles. The fraction of sp³-hybridized carbons (Fsp3) is 0.0741. The predicted octanol–water partition coefficient (Wildman–Crippen LogP) is 5.36. The van der Waals surface area contributed by atoms with Crippen molar-refractivity contribution in [3.8, 4) is 17.2 Å². The highest BCUT2D eigenvalue weighted by molar-refractivity contribution is 9.10. The molecular formula is C27H21BrN2O5. The van der Waals surface area contributed by atoms with Gasteiger partial charge in [0.05, 0.1) is 18.9 Å². The van der Waals surface area contributed by atoms with Gasteiger partial charge in [0.15, 0.2) is 18.1 Å². The van der Waals surface area contributed by atoms with E-state index >= 15 is 0 Å². The second-order valence-corrected chi connectivity index (χ2v) is 8.28. The lowest BCUT2D eigenvalue weighted by molar-refractivity contribution is -0.123. The number of methoxy groups -OCH3 is 1. The maximum atomic E-state index is 12.4. The van der Waals surface area contributed by atoms with Crippen molar-refractivity contribution in [1.82, 2.24) is 5.43 Å². The van der Waals surface area contributed by atoms with E-state index in [9.17, 15) is 9.59 Å². The molecule has 0 bridgehead atoms. The van der Waals surface area contributed by atoms with Gasteiger partial charge in [0.1, 0.15) is 5.75 Å². The van der Waals surface area contributed by atoms with Gasteiger partial charge in [0.2, 0.25) is 0 Å². The number of halogens is 1. The molecule has 4 aromatic rings. The molecule has 1 amide bonds. The lowest BCUT2D eigenvalue weighted by Crippen LogP contribution is -2.24. The number of nitrogens with one attached hydrogen (secondary N) is 1. The van der Waals surface area contributed by atoms with Gasteiger partial charge in [-0.15, -0.1) is 0 Å². The Hall–Kier alpha value is -4.17. The summed E-state index contributed by atoms with van der Waals surface area (Å²) in [5.41, 5.74) is 3.48. The topological polar surface area (TPSA) is 86.2 Å². The number of ether oxygens (including phenoxy) is 3. The minimum Gasteiger partial charge on any atom is -0.493 e. The van der Waals surface area contributed by atoms with Gasteiger partial charge >= 0.3 is 5.97 Å². The van der Waals surface area contributed by atoms with Crippen LogP contribution in [0.1, 0.15) is 15.9 Å². The van der Waals surface area contributed by atoms with Gasteiger partial charge in [-0.05, 0) is 53.4 Å². The molecule has 0 saturated carbocycles. The molecule has 1 N–H and O–H groups in total. The van der Waals surface area contributed by atoms with Crippen LogP contribution >= 0.6 is 15.9 Å². The fourth-order valence-corrected chi connectivity index (χ4v) is 3.70. The summed E-state index contributed by atoms with van der Waals surface area (Å²) in [6.45, 7) is -0.181. The van der Waals surface area contributed by atoms with E-state index in [1.54, 1.807) is 36.4 Å². The number of esters is 1. The first-order valence-corrected chi connectivity index (χ1v) is 11.4. The molecule has 0 heterocycles. The average Bonchev–Trinajstić information content (AvgIpc) is 2.88. The van der Waals surface area contributed by atoms with Crippen molar-refractivity contribution in [2.75, 3.05) is 13.7 Å². The lowest BCUT2D eigenvalue weighted by Gasteiger charge is -2.10. The highest BCUT2D eigenvalue weighted by atomic mass is 79.9. The molecule has 0 fully saturated rings. The van der Waals surface area contributed by atoms with Crippen LogP contribution in [-0.2, 0) is 4.79 Å². The molecule has 8 heteroatoms. The summed E-state index contributed by atoms with van der Waals surface area (Å²) in [4.78, 5) is 24.6. The van der Waals surface area contributed by atoms with E-state index in [0.717, 1.165) is 15.2 Å². The summed E-state index contributed by atoms with van der Waals surface area (Å²) < 4.78 is 17.2. The van der Waals surface area contributed by atoms with E-state index in [0.29, 0.717) is 22.6 Å². The first kappa shape index (κ1) is 24.0. The monoisotopic (exact) mass is 532 g/mol. The van der Waals surface area contributed by atoms with Crippen molar-refractivity contribution in [1.29, 1.82) is 0 Å². The number of hydrazone groups is 1. The quantitative estimate of drug-likeness (QED) is 0.143. The number of carbonyl (C=O) groups excluding carboxylic acids is 2. The first-order valence-electron chi connectivity index (χ1n) is 10.6. The van der Waals surface area contributed by atoms with E-state index in [1.807, 2.05) is 48.5 Å². The van der Waals surface area contributed by atoms with E-state index in [1.165, 1.54) is 13.3 Å². The predicted molar refractivity (Wildman–Crippen MR) is 137 cm³/mol. The number of nitrogens with zero attached hydrogens (tertiary/aromatic N) is 1. The van der Waals surface area contributed by atoms with Gasteiger partial charge in [0, 0.05) is 9.86 Å². The maximum absolute atomic E-state index is 12.4. The van der Waals surface area contributed by atoms with E-state index in [2.05, 4.69) is 26.5 Å². The molecule has 0 aromatic heterocycles. The van der Waals surface area contributed by atoms with Gasteiger partial charge in [-0.1, -0.05) is 58.4 Å². The molecular weight excluding hydrogens is 512 g/mol. The van der Waals surface area contributed by atoms with Gasteiger partial charge in [-0.3, -0.25) is 4.79 Å². The molecule has 0 saturated heterocycles. The molecule has 7 nitrogen and oxygen atoms in total. The van der Waals surface area contributed by atoms with Crippen molar-refractivity contribution >= 4 is 44.8 Å². The Morgan fingerprint density at radius 3 is 2.54 bits per heavy atom. The number of carbonyl (C=O) groups is 2. The molecule has 0 atom stereocenters. The van der Waals surface area contributed by atoms with Crippen molar-refractivity contribution < 1.29 is 23.8 Å². The number of amides is 1. The van der Waals surface area contributed by atoms with Gasteiger partial charge in [-0.25, -0.2) is 10.2 Å². The average molecular weight is 533 g/mol. The number of hydrogen-bond donors (Lipinski definition) is 1. The van der Waals surface area contributed by atoms with Crippen molar-refractivity contribution in [2.24, 2.45) is 5.10 Å². The summed E-state index contributed by atoms with van der Waals surface area (Å²) in [6.07, 6.45) is 1.46. The Morgan fingerprint density at radius 2 is 1.71 bits per heavy atom. The Balaban J connectivity index is 1.34. The molecule has 0 aliphatic rings. The van der Waals surface area contributed by atoms with Crippen LogP contribution in [0.15, 0.2) is 94.5 Å². The third-order valence-electron chi connectivity index (χ3n) is 4.96. The zero-order chi connectivity index (χ0) is 24.6. The van der Waals surface area contributed by atoms with Crippen molar-refractivity contribution in [3.05, 3.63) is 101 Å². The van der Waals surface area contributed by atoms with Crippen LogP contribution in [0.2, 0.25) is 0 Å². The molecule has 4 aromatic carbocycles. The number of rotatable bonds is 8. The van der Waals surface area contributed by atoms with Gasteiger partial charge in [0.25, 0.3) is 5.91 Å². The zero-order valence-electron chi connectivity index (χ0n) is 18.7. The molecule has 0 aliphatic carbocycles. The summed E-state index contributed by atoms with van der Waals surface area (Å²) >= 11 is 3.33. The summed E-state index contributed by atoms with van der Waals surface area (Å²) in [5, 5.41) is 5.93. The van der Waals surface area contributed by atoms with Crippen LogP contribution in [0.4, 0.5) is 0 Å². The Labute approximate surface area is 210 Å². The highest BCUT2D eigenvalue weighted by Crippen LogP contribution is 2.29. The minimum atomic E-state index is -0.510. The van der Waals surface area contributed by atoms with Crippen LogP contribution in [0.25, 0.3) is 10.8 Å². The van der Waals surface area contributed by atoms with Crippen molar-refractivity contribution in [2.45, 2.75) is 0 Å². The molecule has 0 spiro atoms. The third kappa shape index (κ3) is 6.24. The minimum absolute atomic E-state index is 0.181. The zero-order valence-corrected chi connectivity index (χ0v) is 20.3. The normalized spacial score (nSPS) is 10.8. The Kier molecular flexibility index (Phi) is 7.74. The molecule has 35 heavy (non-hydrogen) atoms. The number of hydrogen-bond acceptors (Lipinski definition) is 6. The SMILES string of the molecule is COc1cc(/C=N/NC(=O)COc2cccc3ccccc23)ccc1OC(=O)c1cccc(Br)c1. The maximum Gasteiger partial charge on any atom is 0.343 e. The third-order valence-corrected chi connectivity index (χ3v) is 5.46. The second-order valence-electron chi connectivity index (χ2n) is 7.37. The summed E-state index contributed by atoms with van der Waals surface area (Å²) in [6, 6.07) is 25.3. The van der Waals surface area contributed by atoms with Gasteiger partial charge < -0.3 is 14.2 Å². The van der Waals surface area contributed by atoms with Crippen LogP contribution in [0.5, 0.6) is 17.2 Å². The number of benzene rings is 4. The smallest absolute Gasteiger partial charge is 0.343 e. The summed E-state index contributed by atoms with van der Waals surface area (Å²) in [7, 11) is 1.47. The van der Waals surface area contributed by atoms with Gasteiger partial charge in [-0.2, -0.15) is 5.10 Å². The largest absolute Gasteiger partial charge is 0.493 e. The summed E-state index contributed by atoms with van der Waals surface area (Å²) in [5.74, 6) is 0.329. The molecule has 0 radical (unpaired) electrons. The Bertz CT molecular complexity index is 1400. The molecule has 4 rings (SSSR count). The number of fused-ring (bicyclic) bond motifs is 1. The van der Waals surface area contributed by atoms with Crippen LogP contribution < -0.4 is 19.6 Å². The van der Waals surface area contributed by atoms with Crippen molar-refractivity contribution in [3.63, 3.8) is 0 Å². The second kappa shape index (κ2) is 11.3. The van der Waals surface area contributed by atoms with Crippen LogP contribution in [0.3, 0.4) is 0 Å². The molecule has 176 valence electrons. The van der Waals surface area contributed by atoms with E-state index < -0.39 is 11.9 Å².